The van der Waals surface area contributed by atoms with Crippen LogP contribution >= 0.6 is 15.9 Å². The lowest BCUT2D eigenvalue weighted by molar-refractivity contribution is 0.275. The summed E-state index contributed by atoms with van der Waals surface area (Å²) < 4.78 is 26.3. The minimum atomic E-state index is -0.678. The topological polar surface area (TPSA) is 46.2 Å². The largest absolute Gasteiger partial charge is 0.396 e. The van der Waals surface area contributed by atoms with E-state index in [1.54, 1.807) is 0 Å². The van der Waals surface area contributed by atoms with E-state index in [0.29, 0.717) is 0 Å². The summed E-state index contributed by atoms with van der Waals surface area (Å²) in [4.78, 5) is 0. The predicted molar refractivity (Wildman–Crippen MR) is 52.7 cm³/mol. The fourth-order valence-electron chi connectivity index (χ4n) is 1.12. The fraction of sp³-hybridized carbons (Fsp3) is 0.333. The molecular weight excluding hydrogens is 256 g/mol. The van der Waals surface area contributed by atoms with Gasteiger partial charge in [-0.2, -0.15) is 0 Å². The van der Waals surface area contributed by atoms with E-state index in [1.807, 2.05) is 0 Å². The summed E-state index contributed by atoms with van der Waals surface area (Å²) in [5.41, 5.74) is 5.63. The highest BCUT2D eigenvalue weighted by Crippen LogP contribution is 2.24. The van der Waals surface area contributed by atoms with Gasteiger partial charge in [-0.15, -0.1) is 0 Å². The van der Waals surface area contributed by atoms with E-state index in [-0.39, 0.29) is 23.1 Å². The van der Waals surface area contributed by atoms with E-state index >= 15 is 0 Å². The van der Waals surface area contributed by atoms with E-state index < -0.39 is 17.7 Å². The third kappa shape index (κ3) is 2.50. The molecule has 0 bridgehead atoms. The summed E-state index contributed by atoms with van der Waals surface area (Å²) in [5, 5.41) is 8.61. The van der Waals surface area contributed by atoms with Crippen LogP contribution in [0.2, 0.25) is 0 Å². The second kappa shape index (κ2) is 4.82. The third-order valence-electron chi connectivity index (χ3n) is 1.88. The molecule has 1 aromatic carbocycles. The molecule has 0 spiro atoms. The van der Waals surface area contributed by atoms with Crippen molar-refractivity contribution in [2.24, 2.45) is 5.73 Å². The Morgan fingerprint density at radius 1 is 1.36 bits per heavy atom. The number of benzene rings is 1. The standard InChI is InChI=1S/C9H10BrF2NO/c10-6-4-7(11)5(3-8(6)12)9(13)1-2-14/h3-4,9,14H,1-2,13H2. The highest BCUT2D eigenvalue weighted by molar-refractivity contribution is 9.10. The average molecular weight is 266 g/mol. The summed E-state index contributed by atoms with van der Waals surface area (Å²) in [6.45, 7) is -0.154. The Hall–Kier alpha value is -0.520. The van der Waals surface area contributed by atoms with Gasteiger partial charge in [0.25, 0.3) is 0 Å². The molecule has 0 heterocycles. The Bertz CT molecular complexity index is 333. The Kier molecular flexibility index (Phi) is 3.97. The first-order chi connectivity index (χ1) is 6.56. The lowest BCUT2D eigenvalue weighted by Crippen LogP contribution is -2.14. The smallest absolute Gasteiger partial charge is 0.137 e. The SMILES string of the molecule is NC(CCO)c1cc(F)c(Br)cc1F. The van der Waals surface area contributed by atoms with Crippen molar-refractivity contribution >= 4 is 15.9 Å². The summed E-state index contributed by atoms with van der Waals surface area (Å²) in [6.07, 6.45) is 0.206. The van der Waals surface area contributed by atoms with Crippen molar-refractivity contribution in [3.05, 3.63) is 33.8 Å². The zero-order chi connectivity index (χ0) is 10.7. The van der Waals surface area contributed by atoms with Crippen LogP contribution in [0.5, 0.6) is 0 Å². The molecule has 0 aromatic heterocycles. The van der Waals surface area contributed by atoms with Crippen LogP contribution in [0, 0.1) is 11.6 Å². The van der Waals surface area contributed by atoms with Gasteiger partial charge in [-0.3, -0.25) is 0 Å². The molecule has 5 heteroatoms. The molecule has 0 radical (unpaired) electrons. The summed E-state index contributed by atoms with van der Waals surface area (Å²) >= 11 is 2.86. The number of aliphatic hydroxyl groups excluding tert-OH is 1. The van der Waals surface area contributed by atoms with Gasteiger partial charge in [0.1, 0.15) is 11.6 Å². The average Bonchev–Trinajstić information content (AvgIpc) is 2.11. The molecular formula is C9H10BrF2NO. The van der Waals surface area contributed by atoms with Crippen LogP contribution in [-0.4, -0.2) is 11.7 Å². The molecule has 1 atom stereocenters. The Balaban J connectivity index is 3.02. The second-order valence-corrected chi connectivity index (χ2v) is 3.76. The molecule has 1 unspecified atom stereocenters. The molecule has 2 nitrogen and oxygen atoms in total. The van der Waals surface area contributed by atoms with Gasteiger partial charge < -0.3 is 10.8 Å². The minimum Gasteiger partial charge on any atom is -0.396 e. The van der Waals surface area contributed by atoms with Gasteiger partial charge in [0.2, 0.25) is 0 Å². The van der Waals surface area contributed by atoms with Crippen LogP contribution in [0.15, 0.2) is 16.6 Å². The molecule has 3 N–H and O–H groups in total. The number of rotatable bonds is 3. The second-order valence-electron chi connectivity index (χ2n) is 2.91. The fourth-order valence-corrected chi connectivity index (χ4v) is 1.43. The van der Waals surface area contributed by atoms with Crippen LogP contribution in [0.1, 0.15) is 18.0 Å². The number of halogens is 3. The molecule has 0 saturated carbocycles. The van der Waals surface area contributed by atoms with E-state index in [4.69, 9.17) is 10.8 Å². The molecule has 1 aromatic rings. The lowest BCUT2D eigenvalue weighted by atomic mass is 10.0. The number of aliphatic hydroxyl groups is 1. The van der Waals surface area contributed by atoms with Gasteiger partial charge in [-0.05, 0) is 34.5 Å². The van der Waals surface area contributed by atoms with Crippen molar-refractivity contribution in [1.82, 2.24) is 0 Å². The number of hydrogen-bond donors (Lipinski definition) is 2. The van der Waals surface area contributed by atoms with Crippen molar-refractivity contribution in [1.29, 1.82) is 0 Å². The van der Waals surface area contributed by atoms with Gasteiger partial charge in [0.05, 0.1) is 4.47 Å². The molecule has 0 fully saturated rings. The normalized spacial score (nSPS) is 12.9. The zero-order valence-corrected chi connectivity index (χ0v) is 8.89. The Morgan fingerprint density at radius 3 is 2.57 bits per heavy atom. The van der Waals surface area contributed by atoms with Gasteiger partial charge in [-0.25, -0.2) is 8.78 Å². The maximum Gasteiger partial charge on any atom is 0.137 e. The molecule has 78 valence electrons. The van der Waals surface area contributed by atoms with Gasteiger partial charge >= 0.3 is 0 Å². The third-order valence-corrected chi connectivity index (χ3v) is 2.49. The van der Waals surface area contributed by atoms with Crippen molar-refractivity contribution < 1.29 is 13.9 Å². The molecule has 0 aliphatic carbocycles. The van der Waals surface area contributed by atoms with Gasteiger partial charge in [-0.1, -0.05) is 0 Å². The Morgan fingerprint density at radius 2 is 2.00 bits per heavy atom. The first-order valence-corrected chi connectivity index (χ1v) is 4.86. The highest BCUT2D eigenvalue weighted by atomic mass is 79.9. The first-order valence-electron chi connectivity index (χ1n) is 4.07. The van der Waals surface area contributed by atoms with Gasteiger partial charge in [0, 0.05) is 18.2 Å². The van der Waals surface area contributed by atoms with Crippen molar-refractivity contribution in [2.45, 2.75) is 12.5 Å². The van der Waals surface area contributed by atoms with Gasteiger partial charge in [0.15, 0.2) is 0 Å². The molecule has 14 heavy (non-hydrogen) atoms. The number of nitrogens with two attached hydrogens (primary N) is 1. The van der Waals surface area contributed by atoms with Crippen molar-refractivity contribution in [3.63, 3.8) is 0 Å². The minimum absolute atomic E-state index is 0.0648. The Labute approximate surface area is 88.9 Å². The van der Waals surface area contributed by atoms with Crippen LogP contribution < -0.4 is 5.73 Å². The molecule has 1 rings (SSSR count). The van der Waals surface area contributed by atoms with Crippen molar-refractivity contribution in [3.8, 4) is 0 Å². The van der Waals surface area contributed by atoms with Crippen LogP contribution in [0.25, 0.3) is 0 Å². The summed E-state index contributed by atoms with van der Waals surface area (Å²) in [6, 6.07) is 1.39. The highest BCUT2D eigenvalue weighted by Gasteiger charge is 2.14. The van der Waals surface area contributed by atoms with E-state index in [1.165, 1.54) is 0 Å². The maximum atomic E-state index is 13.2. The maximum absolute atomic E-state index is 13.2. The van der Waals surface area contributed by atoms with E-state index in [0.717, 1.165) is 12.1 Å². The monoisotopic (exact) mass is 265 g/mol. The quantitative estimate of drug-likeness (QED) is 0.823. The summed E-state index contributed by atoms with van der Waals surface area (Å²) in [7, 11) is 0. The zero-order valence-electron chi connectivity index (χ0n) is 7.30. The van der Waals surface area contributed by atoms with Crippen LogP contribution in [0.3, 0.4) is 0 Å². The van der Waals surface area contributed by atoms with E-state index in [9.17, 15) is 8.78 Å². The van der Waals surface area contributed by atoms with E-state index in [2.05, 4.69) is 15.9 Å². The number of hydrogen-bond acceptors (Lipinski definition) is 2. The lowest BCUT2D eigenvalue weighted by Gasteiger charge is -2.11. The molecule has 0 aliphatic heterocycles. The molecule has 0 aliphatic rings. The van der Waals surface area contributed by atoms with Crippen LogP contribution in [0.4, 0.5) is 8.78 Å². The first kappa shape index (κ1) is 11.6. The summed E-state index contributed by atoms with van der Waals surface area (Å²) in [5.74, 6) is -1.13. The molecule has 0 amide bonds. The predicted octanol–water partition coefficient (Wildman–Crippen LogP) is 2.11. The molecule has 0 saturated heterocycles. The van der Waals surface area contributed by atoms with Crippen molar-refractivity contribution in [2.75, 3.05) is 6.61 Å². The van der Waals surface area contributed by atoms with Crippen LogP contribution in [-0.2, 0) is 0 Å².